The zero-order valence-electron chi connectivity index (χ0n) is 14.1. The molecule has 130 valence electrons. The van der Waals surface area contributed by atoms with Gasteiger partial charge in [-0.2, -0.15) is 0 Å². The first-order valence-electron chi connectivity index (χ1n) is 8.44. The fraction of sp³-hybridized carbons (Fsp3) is 0.556. The Morgan fingerprint density at radius 3 is 2.79 bits per heavy atom. The number of nitrogens with zero attached hydrogens (tertiary/aromatic N) is 2. The Kier molecular flexibility index (Phi) is 5.16. The van der Waals surface area contributed by atoms with Crippen LogP contribution in [-0.2, 0) is 19.1 Å². The largest absolute Gasteiger partial charge is 0.375 e. The van der Waals surface area contributed by atoms with Gasteiger partial charge in [0.2, 0.25) is 5.91 Å². The molecule has 1 unspecified atom stereocenters. The molecule has 0 aromatic heterocycles. The summed E-state index contributed by atoms with van der Waals surface area (Å²) in [6.07, 6.45) is 2.48. The number of ether oxygens (including phenoxy) is 2. The first kappa shape index (κ1) is 16.9. The van der Waals surface area contributed by atoms with Crippen LogP contribution in [0.1, 0.15) is 19.3 Å². The molecular formula is C18H24N2O4. The normalized spacial score (nSPS) is 25.0. The Labute approximate surface area is 142 Å². The summed E-state index contributed by atoms with van der Waals surface area (Å²) in [5, 5.41) is 0. The summed E-state index contributed by atoms with van der Waals surface area (Å²) in [6.45, 7) is 1.90. The second kappa shape index (κ2) is 7.32. The first-order chi connectivity index (χ1) is 11.7. The Hall–Kier alpha value is -1.92. The molecule has 0 saturated carbocycles. The Balaban J connectivity index is 1.84. The summed E-state index contributed by atoms with van der Waals surface area (Å²) >= 11 is 0. The van der Waals surface area contributed by atoms with E-state index in [-0.39, 0.29) is 18.4 Å². The quantitative estimate of drug-likeness (QED) is 0.841. The van der Waals surface area contributed by atoms with Crippen LogP contribution in [0.15, 0.2) is 30.3 Å². The molecule has 1 aromatic carbocycles. The van der Waals surface area contributed by atoms with E-state index in [1.807, 2.05) is 30.3 Å². The number of amides is 2. The van der Waals surface area contributed by atoms with Gasteiger partial charge in [0.05, 0.1) is 13.2 Å². The van der Waals surface area contributed by atoms with E-state index >= 15 is 0 Å². The lowest BCUT2D eigenvalue weighted by Crippen LogP contribution is -2.61. The van der Waals surface area contributed by atoms with Crippen LogP contribution in [0.25, 0.3) is 0 Å². The minimum Gasteiger partial charge on any atom is -0.375 e. The average molecular weight is 332 g/mol. The van der Waals surface area contributed by atoms with E-state index in [1.54, 1.807) is 9.80 Å². The Morgan fingerprint density at radius 1 is 1.25 bits per heavy atom. The van der Waals surface area contributed by atoms with Gasteiger partial charge in [-0.15, -0.1) is 0 Å². The molecule has 0 N–H and O–H groups in total. The molecule has 0 aliphatic carbocycles. The van der Waals surface area contributed by atoms with Crippen LogP contribution >= 0.6 is 0 Å². The molecule has 1 atom stereocenters. The second-order valence-electron chi connectivity index (χ2n) is 6.34. The third-order valence-electron chi connectivity index (χ3n) is 4.72. The lowest BCUT2D eigenvalue weighted by molar-refractivity contribution is -0.166. The highest BCUT2D eigenvalue weighted by Gasteiger charge is 2.48. The van der Waals surface area contributed by atoms with Crippen molar-refractivity contribution in [3.63, 3.8) is 0 Å². The molecule has 0 radical (unpaired) electrons. The summed E-state index contributed by atoms with van der Waals surface area (Å²) in [6, 6.07) is 9.66. The van der Waals surface area contributed by atoms with E-state index in [1.165, 1.54) is 7.11 Å². The summed E-state index contributed by atoms with van der Waals surface area (Å²) in [4.78, 5) is 29.0. The van der Waals surface area contributed by atoms with Gasteiger partial charge in [0.1, 0.15) is 6.61 Å². The number of benzene rings is 1. The number of para-hydroxylation sites is 1. The molecule has 2 heterocycles. The maximum absolute atomic E-state index is 13.3. The number of carbonyl (C=O) groups excluding carboxylic acids is 2. The summed E-state index contributed by atoms with van der Waals surface area (Å²) in [5.74, 6) is -0.135. The van der Waals surface area contributed by atoms with Crippen LogP contribution in [0.4, 0.5) is 5.69 Å². The van der Waals surface area contributed by atoms with Crippen molar-refractivity contribution in [2.24, 2.45) is 0 Å². The molecule has 1 spiro atoms. The fourth-order valence-electron chi connectivity index (χ4n) is 3.48. The molecule has 2 saturated heterocycles. The first-order valence-corrected chi connectivity index (χ1v) is 8.44. The van der Waals surface area contributed by atoms with Crippen molar-refractivity contribution >= 4 is 17.5 Å². The topological polar surface area (TPSA) is 59.1 Å². The maximum atomic E-state index is 13.3. The summed E-state index contributed by atoms with van der Waals surface area (Å²) in [5.41, 5.74) is -0.0544. The third kappa shape index (κ3) is 3.30. The number of methoxy groups -OCH3 is 1. The van der Waals surface area contributed by atoms with Gasteiger partial charge in [0, 0.05) is 25.9 Å². The van der Waals surface area contributed by atoms with Crippen LogP contribution in [0.2, 0.25) is 0 Å². The molecule has 3 rings (SSSR count). The molecule has 2 fully saturated rings. The highest BCUT2D eigenvalue weighted by molar-refractivity contribution is 6.00. The highest BCUT2D eigenvalue weighted by Crippen LogP contribution is 2.32. The van der Waals surface area contributed by atoms with Crippen molar-refractivity contribution in [2.45, 2.75) is 24.9 Å². The van der Waals surface area contributed by atoms with Gasteiger partial charge in [-0.05, 0) is 31.4 Å². The lowest BCUT2D eigenvalue weighted by atomic mass is 9.94. The van der Waals surface area contributed by atoms with Crippen molar-refractivity contribution in [1.29, 1.82) is 0 Å². The molecular weight excluding hydrogens is 308 g/mol. The van der Waals surface area contributed by atoms with Gasteiger partial charge < -0.3 is 19.3 Å². The van der Waals surface area contributed by atoms with E-state index in [4.69, 9.17) is 9.47 Å². The van der Waals surface area contributed by atoms with Gasteiger partial charge >= 0.3 is 0 Å². The van der Waals surface area contributed by atoms with Crippen LogP contribution in [-0.4, -0.2) is 62.3 Å². The maximum Gasteiger partial charge on any atom is 0.261 e. The standard InChI is InChI=1S/C18H24N2O4/c1-23-13-16(21)19-11-12-24-18(14-19)9-5-6-10-20(17(18)22)15-7-3-2-4-8-15/h2-4,7-8H,5-6,9-14H2,1H3. The van der Waals surface area contributed by atoms with Crippen molar-refractivity contribution in [3.05, 3.63) is 30.3 Å². The average Bonchev–Trinajstić information content (AvgIpc) is 2.76. The molecule has 2 amide bonds. The SMILES string of the molecule is COCC(=O)N1CCOC2(CCCCN(c3ccccc3)C2=O)C1. The molecule has 6 heteroatoms. The van der Waals surface area contributed by atoms with E-state index in [0.29, 0.717) is 32.7 Å². The molecule has 24 heavy (non-hydrogen) atoms. The number of anilines is 1. The molecule has 2 aliphatic heterocycles. The molecule has 6 nitrogen and oxygen atoms in total. The zero-order chi connectivity index (χ0) is 17.0. The predicted molar refractivity (Wildman–Crippen MR) is 89.8 cm³/mol. The van der Waals surface area contributed by atoms with Gasteiger partial charge in [-0.1, -0.05) is 18.2 Å². The van der Waals surface area contributed by atoms with Gasteiger partial charge in [0.25, 0.3) is 5.91 Å². The number of hydrogen-bond acceptors (Lipinski definition) is 4. The zero-order valence-corrected chi connectivity index (χ0v) is 14.1. The predicted octanol–water partition coefficient (Wildman–Crippen LogP) is 1.45. The monoisotopic (exact) mass is 332 g/mol. The molecule has 2 aliphatic rings. The summed E-state index contributed by atoms with van der Waals surface area (Å²) in [7, 11) is 1.50. The number of hydrogen-bond donors (Lipinski definition) is 0. The van der Waals surface area contributed by atoms with Crippen molar-refractivity contribution in [2.75, 3.05) is 44.9 Å². The van der Waals surface area contributed by atoms with Gasteiger partial charge in [-0.25, -0.2) is 0 Å². The van der Waals surface area contributed by atoms with Crippen LogP contribution in [0.5, 0.6) is 0 Å². The smallest absolute Gasteiger partial charge is 0.261 e. The van der Waals surface area contributed by atoms with Crippen molar-refractivity contribution < 1.29 is 19.1 Å². The van der Waals surface area contributed by atoms with E-state index in [0.717, 1.165) is 18.5 Å². The minimum absolute atomic E-state index is 0.0344. The van der Waals surface area contributed by atoms with Crippen LogP contribution in [0, 0.1) is 0 Å². The van der Waals surface area contributed by atoms with E-state index < -0.39 is 5.60 Å². The molecule has 0 bridgehead atoms. The number of carbonyl (C=O) groups is 2. The highest BCUT2D eigenvalue weighted by atomic mass is 16.5. The van der Waals surface area contributed by atoms with Gasteiger partial charge in [-0.3, -0.25) is 9.59 Å². The second-order valence-corrected chi connectivity index (χ2v) is 6.34. The lowest BCUT2D eigenvalue weighted by Gasteiger charge is -2.42. The minimum atomic E-state index is -0.937. The number of morpholine rings is 1. The summed E-state index contributed by atoms with van der Waals surface area (Å²) < 4.78 is 10.9. The van der Waals surface area contributed by atoms with Crippen molar-refractivity contribution in [1.82, 2.24) is 4.90 Å². The molecule has 1 aromatic rings. The fourth-order valence-corrected chi connectivity index (χ4v) is 3.48. The third-order valence-corrected chi connectivity index (χ3v) is 4.72. The van der Waals surface area contributed by atoms with E-state index in [9.17, 15) is 9.59 Å². The Morgan fingerprint density at radius 2 is 2.04 bits per heavy atom. The van der Waals surface area contributed by atoms with E-state index in [2.05, 4.69) is 0 Å². The van der Waals surface area contributed by atoms with Crippen LogP contribution < -0.4 is 4.90 Å². The number of rotatable bonds is 3. The van der Waals surface area contributed by atoms with Crippen molar-refractivity contribution in [3.8, 4) is 0 Å². The van der Waals surface area contributed by atoms with Gasteiger partial charge in [0.15, 0.2) is 5.60 Å². The van der Waals surface area contributed by atoms with Crippen LogP contribution in [0.3, 0.4) is 0 Å². The Bertz CT molecular complexity index is 592.